The van der Waals surface area contributed by atoms with Crippen molar-refractivity contribution >= 4 is 28.8 Å². The average molecular weight is 456 g/mol. The van der Waals surface area contributed by atoms with E-state index < -0.39 is 5.56 Å². The predicted octanol–water partition coefficient (Wildman–Crippen LogP) is 2.22. The van der Waals surface area contributed by atoms with Crippen LogP contribution in [0.2, 0.25) is 0 Å². The van der Waals surface area contributed by atoms with Gasteiger partial charge in [0.1, 0.15) is 0 Å². The quantitative estimate of drug-likeness (QED) is 0.526. The van der Waals surface area contributed by atoms with Crippen molar-refractivity contribution in [3.8, 4) is 0 Å². The number of thioether (sulfide) groups is 1. The summed E-state index contributed by atoms with van der Waals surface area (Å²) in [4.78, 5) is 42.1. The maximum Gasteiger partial charge on any atom is 0.332 e. The molecule has 1 aliphatic carbocycles. The van der Waals surface area contributed by atoms with Gasteiger partial charge in [-0.3, -0.25) is 18.7 Å². The summed E-state index contributed by atoms with van der Waals surface area (Å²) < 4.78 is 4.50. The average Bonchev–Trinajstić information content (AvgIpc) is 3.43. The van der Waals surface area contributed by atoms with Crippen molar-refractivity contribution in [2.75, 3.05) is 5.75 Å². The number of benzene rings is 1. The molecule has 0 saturated heterocycles. The number of hydrogen-bond donors (Lipinski definition) is 1. The van der Waals surface area contributed by atoms with Crippen molar-refractivity contribution in [3.63, 3.8) is 0 Å². The molecule has 1 amide bonds. The minimum Gasteiger partial charge on any atom is -0.353 e. The maximum absolute atomic E-state index is 12.7. The fourth-order valence-electron chi connectivity index (χ4n) is 4.27. The molecule has 1 N–H and O–H groups in total. The standard InChI is InChI=1S/C23H29N5O3S/c1-26-20-19(21(30)27(2)23(26)31)25-22(28(20)14-12-16-8-4-3-5-9-16)32-15-13-18(29)24-17-10-6-7-11-17/h3-5,8-9,17H,6-7,10-15H2,1-2H3,(H,24,29). The van der Waals surface area contributed by atoms with Crippen LogP contribution in [0, 0.1) is 0 Å². The Balaban J connectivity index is 1.57. The largest absolute Gasteiger partial charge is 0.353 e. The summed E-state index contributed by atoms with van der Waals surface area (Å²) in [6.45, 7) is 0.581. The molecule has 1 aromatic carbocycles. The Morgan fingerprint density at radius 2 is 1.84 bits per heavy atom. The molecule has 3 aromatic rings. The van der Waals surface area contributed by atoms with Gasteiger partial charge in [-0.15, -0.1) is 0 Å². The van der Waals surface area contributed by atoms with Gasteiger partial charge in [-0.1, -0.05) is 54.9 Å². The molecule has 1 fully saturated rings. The van der Waals surface area contributed by atoms with Gasteiger partial charge in [0, 0.05) is 38.9 Å². The summed E-state index contributed by atoms with van der Waals surface area (Å²) >= 11 is 1.45. The van der Waals surface area contributed by atoms with Crippen molar-refractivity contribution in [1.29, 1.82) is 0 Å². The molecule has 8 nitrogen and oxygen atoms in total. The van der Waals surface area contributed by atoms with Gasteiger partial charge in [0.25, 0.3) is 5.56 Å². The number of amides is 1. The fraction of sp³-hybridized carbons (Fsp3) is 0.478. The second-order valence-corrected chi connectivity index (χ2v) is 9.37. The highest BCUT2D eigenvalue weighted by Gasteiger charge is 2.20. The second-order valence-electron chi connectivity index (χ2n) is 8.31. The molecular formula is C23H29N5O3S. The van der Waals surface area contributed by atoms with Crippen LogP contribution in [0.5, 0.6) is 0 Å². The van der Waals surface area contributed by atoms with Crippen LogP contribution in [0.3, 0.4) is 0 Å². The number of nitrogens with zero attached hydrogens (tertiary/aromatic N) is 4. The van der Waals surface area contributed by atoms with E-state index in [4.69, 9.17) is 0 Å². The molecule has 0 atom stereocenters. The molecular weight excluding hydrogens is 426 g/mol. The number of nitrogens with one attached hydrogen (secondary N) is 1. The highest BCUT2D eigenvalue weighted by atomic mass is 32.2. The summed E-state index contributed by atoms with van der Waals surface area (Å²) in [5.74, 6) is 0.612. The fourth-order valence-corrected chi connectivity index (χ4v) is 5.23. The number of rotatable bonds is 8. The van der Waals surface area contributed by atoms with Crippen LogP contribution in [0.15, 0.2) is 45.1 Å². The smallest absolute Gasteiger partial charge is 0.332 e. The minimum absolute atomic E-state index is 0.0552. The minimum atomic E-state index is -0.401. The number of hydrogen-bond acceptors (Lipinski definition) is 5. The Kier molecular flexibility index (Phi) is 6.83. The van der Waals surface area contributed by atoms with Crippen molar-refractivity contribution in [2.45, 2.75) is 56.3 Å². The lowest BCUT2D eigenvalue weighted by molar-refractivity contribution is -0.121. The zero-order valence-electron chi connectivity index (χ0n) is 18.5. The molecule has 0 radical (unpaired) electrons. The van der Waals surface area contributed by atoms with E-state index in [1.54, 1.807) is 7.05 Å². The lowest BCUT2D eigenvalue weighted by Crippen LogP contribution is -2.37. The van der Waals surface area contributed by atoms with Gasteiger partial charge in [-0.25, -0.2) is 9.78 Å². The zero-order chi connectivity index (χ0) is 22.7. The highest BCUT2D eigenvalue weighted by Crippen LogP contribution is 2.23. The first-order valence-electron chi connectivity index (χ1n) is 11.1. The van der Waals surface area contributed by atoms with Gasteiger partial charge in [-0.05, 0) is 24.8 Å². The van der Waals surface area contributed by atoms with Crippen molar-refractivity contribution in [3.05, 3.63) is 56.7 Å². The Morgan fingerprint density at radius 1 is 1.12 bits per heavy atom. The van der Waals surface area contributed by atoms with E-state index in [2.05, 4.69) is 22.4 Å². The van der Waals surface area contributed by atoms with E-state index in [1.807, 2.05) is 22.8 Å². The third kappa shape index (κ3) is 4.67. The molecule has 0 spiro atoms. The van der Waals surface area contributed by atoms with Crippen molar-refractivity contribution < 1.29 is 4.79 Å². The Labute approximate surface area is 190 Å². The number of carbonyl (C=O) groups excluding carboxylic acids is 1. The molecule has 1 saturated carbocycles. The lowest BCUT2D eigenvalue weighted by atomic mass is 10.1. The number of imidazole rings is 1. The first-order chi connectivity index (χ1) is 15.5. The molecule has 32 heavy (non-hydrogen) atoms. The van der Waals surface area contributed by atoms with E-state index in [9.17, 15) is 14.4 Å². The van der Waals surface area contributed by atoms with E-state index in [-0.39, 0.29) is 17.1 Å². The number of aryl methyl sites for hydroxylation is 3. The van der Waals surface area contributed by atoms with Crippen LogP contribution in [0.25, 0.3) is 11.2 Å². The van der Waals surface area contributed by atoms with E-state index in [0.29, 0.717) is 35.6 Å². The summed E-state index contributed by atoms with van der Waals surface area (Å²) in [6.07, 6.45) is 5.61. The Hall–Kier alpha value is -2.81. The van der Waals surface area contributed by atoms with Crippen LogP contribution in [-0.2, 0) is 31.9 Å². The molecule has 2 aromatic heterocycles. The van der Waals surface area contributed by atoms with Gasteiger partial charge in [-0.2, -0.15) is 0 Å². The summed E-state index contributed by atoms with van der Waals surface area (Å²) in [5, 5.41) is 3.76. The van der Waals surface area contributed by atoms with Gasteiger partial charge < -0.3 is 9.88 Å². The van der Waals surface area contributed by atoms with Gasteiger partial charge in [0.15, 0.2) is 16.3 Å². The van der Waals surface area contributed by atoms with E-state index in [0.717, 1.165) is 29.4 Å². The number of fused-ring (bicyclic) bond motifs is 1. The Morgan fingerprint density at radius 3 is 2.56 bits per heavy atom. The molecule has 0 unspecified atom stereocenters. The van der Waals surface area contributed by atoms with Crippen LogP contribution in [0.1, 0.15) is 37.7 Å². The van der Waals surface area contributed by atoms with Crippen molar-refractivity contribution in [1.82, 2.24) is 24.0 Å². The topological polar surface area (TPSA) is 90.9 Å². The second kappa shape index (κ2) is 9.77. The predicted molar refractivity (Wildman–Crippen MR) is 126 cm³/mol. The normalized spacial score (nSPS) is 14.3. The molecule has 1 aliphatic rings. The molecule has 9 heteroatoms. The van der Waals surface area contributed by atoms with Crippen LogP contribution >= 0.6 is 11.8 Å². The molecule has 0 aliphatic heterocycles. The third-order valence-electron chi connectivity index (χ3n) is 6.05. The van der Waals surface area contributed by atoms with Gasteiger partial charge >= 0.3 is 5.69 Å². The van der Waals surface area contributed by atoms with Crippen LogP contribution in [0.4, 0.5) is 0 Å². The molecule has 2 heterocycles. The van der Waals surface area contributed by atoms with Crippen LogP contribution in [-0.4, -0.2) is 36.4 Å². The Bertz CT molecular complexity index is 1220. The maximum atomic E-state index is 12.7. The first kappa shape index (κ1) is 22.4. The number of carbonyl (C=O) groups is 1. The van der Waals surface area contributed by atoms with Crippen LogP contribution < -0.4 is 16.6 Å². The monoisotopic (exact) mass is 455 g/mol. The lowest BCUT2D eigenvalue weighted by Gasteiger charge is -2.13. The molecule has 4 rings (SSSR count). The van der Waals surface area contributed by atoms with Gasteiger partial charge in [0.05, 0.1) is 0 Å². The first-order valence-corrected chi connectivity index (χ1v) is 12.1. The summed E-state index contributed by atoms with van der Waals surface area (Å²) in [7, 11) is 3.13. The summed E-state index contributed by atoms with van der Waals surface area (Å²) in [6, 6.07) is 10.4. The molecule has 0 bridgehead atoms. The SMILES string of the molecule is Cn1c(=O)c2nc(SCCC(=O)NC3CCCC3)n(CCc3ccccc3)c2n(C)c1=O. The number of aromatic nitrogens is 4. The zero-order valence-corrected chi connectivity index (χ0v) is 19.4. The molecule has 170 valence electrons. The van der Waals surface area contributed by atoms with Crippen molar-refractivity contribution in [2.24, 2.45) is 14.1 Å². The highest BCUT2D eigenvalue weighted by molar-refractivity contribution is 7.99. The van der Waals surface area contributed by atoms with Gasteiger partial charge in [0.2, 0.25) is 5.91 Å². The van der Waals surface area contributed by atoms with E-state index in [1.165, 1.54) is 36.2 Å². The third-order valence-corrected chi connectivity index (χ3v) is 7.03. The van der Waals surface area contributed by atoms with E-state index >= 15 is 0 Å². The summed E-state index contributed by atoms with van der Waals surface area (Å²) in [5.41, 5.74) is 1.18.